The maximum atomic E-state index is 12.0. The number of carbonyl (C=O) groups is 2. The Balaban J connectivity index is 2.17. The molecular formula is C18H12O2. The van der Waals surface area contributed by atoms with Crippen LogP contribution >= 0.6 is 0 Å². The van der Waals surface area contributed by atoms with Crippen LogP contribution in [0, 0.1) is 0 Å². The molecule has 0 radical (unpaired) electrons. The van der Waals surface area contributed by atoms with Gasteiger partial charge in [-0.25, -0.2) is 0 Å². The number of rotatable bonds is 2. The second kappa shape index (κ2) is 5.10. The minimum Gasteiger partial charge on any atom is -0.286 e. The van der Waals surface area contributed by atoms with Gasteiger partial charge in [0.15, 0.2) is 0 Å². The summed E-state index contributed by atoms with van der Waals surface area (Å²) in [5.41, 5.74) is 3.23. The van der Waals surface area contributed by atoms with Crippen molar-refractivity contribution in [2.24, 2.45) is 0 Å². The van der Waals surface area contributed by atoms with Gasteiger partial charge in [0, 0.05) is 5.57 Å². The quantitative estimate of drug-likeness (QED) is 0.612. The predicted molar refractivity (Wildman–Crippen MR) is 79.0 cm³/mol. The van der Waals surface area contributed by atoms with E-state index in [1.165, 1.54) is 6.08 Å². The minimum atomic E-state index is -0.467. The maximum Gasteiger partial charge on any atom is 0.233 e. The van der Waals surface area contributed by atoms with Gasteiger partial charge in [-0.15, -0.1) is 0 Å². The van der Waals surface area contributed by atoms with Gasteiger partial charge < -0.3 is 0 Å². The van der Waals surface area contributed by atoms with Gasteiger partial charge in [-0.2, -0.15) is 0 Å². The van der Waals surface area contributed by atoms with Crippen LogP contribution in [-0.2, 0) is 9.59 Å². The molecule has 1 aliphatic carbocycles. The molecule has 2 aromatic carbocycles. The van der Waals surface area contributed by atoms with Crippen molar-refractivity contribution in [3.05, 3.63) is 78.4 Å². The molecule has 0 bridgehead atoms. The van der Waals surface area contributed by atoms with Gasteiger partial charge in [0.25, 0.3) is 0 Å². The number of hydrogen-bond donors (Lipinski definition) is 0. The Bertz CT molecular complexity index is 737. The molecule has 0 heterocycles. The lowest BCUT2D eigenvalue weighted by Gasteiger charge is -2.13. The van der Waals surface area contributed by atoms with Gasteiger partial charge in [-0.05, 0) is 22.8 Å². The van der Waals surface area contributed by atoms with Crippen LogP contribution < -0.4 is 0 Å². The van der Waals surface area contributed by atoms with Crippen LogP contribution in [0.2, 0.25) is 0 Å². The summed E-state index contributed by atoms with van der Waals surface area (Å²) < 4.78 is 0. The first-order valence-electron chi connectivity index (χ1n) is 6.39. The van der Waals surface area contributed by atoms with E-state index in [1.54, 1.807) is 12.2 Å². The molecule has 2 nitrogen and oxygen atoms in total. The van der Waals surface area contributed by atoms with Crippen LogP contribution in [0.1, 0.15) is 5.56 Å². The zero-order chi connectivity index (χ0) is 13.9. The summed E-state index contributed by atoms with van der Waals surface area (Å²) in [6.07, 6.45) is 4.63. The van der Waals surface area contributed by atoms with Gasteiger partial charge in [0.2, 0.25) is 11.6 Å². The molecule has 0 aliphatic heterocycles. The van der Waals surface area contributed by atoms with Crippen molar-refractivity contribution in [1.29, 1.82) is 0 Å². The van der Waals surface area contributed by atoms with Gasteiger partial charge in [0.05, 0.1) is 0 Å². The number of hydrogen-bond acceptors (Lipinski definition) is 2. The molecule has 0 saturated heterocycles. The monoisotopic (exact) mass is 260 g/mol. The van der Waals surface area contributed by atoms with E-state index in [1.807, 2.05) is 54.6 Å². The smallest absolute Gasteiger partial charge is 0.233 e. The van der Waals surface area contributed by atoms with E-state index in [0.717, 1.165) is 16.7 Å². The molecule has 3 rings (SSSR count). The summed E-state index contributed by atoms with van der Waals surface area (Å²) in [6, 6.07) is 17.5. The highest BCUT2D eigenvalue weighted by atomic mass is 16.2. The summed E-state index contributed by atoms with van der Waals surface area (Å²) in [6.45, 7) is 0. The van der Waals surface area contributed by atoms with Gasteiger partial charge in [-0.3, -0.25) is 9.59 Å². The molecule has 20 heavy (non-hydrogen) atoms. The molecule has 1 aliphatic rings. The van der Waals surface area contributed by atoms with Crippen molar-refractivity contribution in [3.63, 3.8) is 0 Å². The molecule has 0 amide bonds. The fourth-order valence-electron chi connectivity index (χ4n) is 2.32. The first kappa shape index (κ1) is 12.3. The lowest BCUT2D eigenvalue weighted by molar-refractivity contribution is -0.130. The van der Waals surface area contributed by atoms with Crippen LogP contribution in [0.3, 0.4) is 0 Å². The Hall–Kier alpha value is -2.74. The zero-order valence-electron chi connectivity index (χ0n) is 10.7. The standard InChI is InChI=1S/C18H12O2/c19-17-12-6-11-16(18(17)20)15-10-5-4-9-14(15)13-7-2-1-3-8-13/h1-12H. The average Bonchev–Trinajstić information content (AvgIpc) is 2.51. The molecule has 0 spiro atoms. The molecule has 0 aromatic heterocycles. The number of Topliss-reactive ketones (excluding diaryl/α,β-unsaturated/α-hetero) is 1. The topological polar surface area (TPSA) is 34.1 Å². The highest BCUT2D eigenvalue weighted by molar-refractivity contribution is 6.58. The van der Waals surface area contributed by atoms with Crippen LogP contribution in [0.15, 0.2) is 72.8 Å². The Labute approximate surface area is 117 Å². The van der Waals surface area contributed by atoms with E-state index in [4.69, 9.17) is 0 Å². The van der Waals surface area contributed by atoms with Crippen molar-refractivity contribution in [3.8, 4) is 11.1 Å². The normalized spacial score (nSPS) is 14.3. The third kappa shape index (κ3) is 2.12. The summed E-state index contributed by atoms with van der Waals surface area (Å²) in [4.78, 5) is 23.6. The summed E-state index contributed by atoms with van der Waals surface area (Å²) in [5, 5.41) is 0. The number of allylic oxidation sites excluding steroid dienone is 4. The molecular weight excluding hydrogens is 248 g/mol. The Morgan fingerprint density at radius 3 is 2.10 bits per heavy atom. The lowest BCUT2D eigenvalue weighted by atomic mass is 9.89. The molecule has 2 heteroatoms. The van der Waals surface area contributed by atoms with Gasteiger partial charge in [0.1, 0.15) is 0 Å². The first-order valence-corrected chi connectivity index (χ1v) is 6.39. The molecule has 0 N–H and O–H groups in total. The van der Waals surface area contributed by atoms with Crippen molar-refractivity contribution in [2.45, 2.75) is 0 Å². The molecule has 2 aromatic rings. The first-order chi connectivity index (χ1) is 9.77. The third-order valence-electron chi connectivity index (χ3n) is 3.28. The summed E-state index contributed by atoms with van der Waals surface area (Å²) >= 11 is 0. The highest BCUT2D eigenvalue weighted by Gasteiger charge is 2.22. The van der Waals surface area contributed by atoms with Crippen molar-refractivity contribution in [2.75, 3.05) is 0 Å². The number of benzene rings is 2. The summed E-state index contributed by atoms with van der Waals surface area (Å²) in [5.74, 6) is -0.916. The fourth-order valence-corrected chi connectivity index (χ4v) is 2.32. The van der Waals surface area contributed by atoms with Crippen molar-refractivity contribution in [1.82, 2.24) is 0 Å². The lowest BCUT2D eigenvalue weighted by Crippen LogP contribution is -2.15. The highest BCUT2D eigenvalue weighted by Crippen LogP contribution is 2.30. The Morgan fingerprint density at radius 1 is 0.700 bits per heavy atom. The molecule has 0 saturated carbocycles. The van der Waals surface area contributed by atoms with E-state index in [9.17, 15) is 9.59 Å². The largest absolute Gasteiger partial charge is 0.286 e. The molecule has 0 atom stereocenters. The fraction of sp³-hybridized carbons (Fsp3) is 0. The number of ketones is 2. The summed E-state index contributed by atoms with van der Waals surface area (Å²) in [7, 11) is 0. The van der Waals surface area contributed by atoms with Crippen LogP contribution in [0.4, 0.5) is 0 Å². The zero-order valence-corrected chi connectivity index (χ0v) is 10.7. The second-order valence-corrected chi connectivity index (χ2v) is 4.54. The van der Waals surface area contributed by atoms with E-state index >= 15 is 0 Å². The van der Waals surface area contributed by atoms with Crippen LogP contribution in [0.25, 0.3) is 16.7 Å². The Morgan fingerprint density at radius 2 is 1.35 bits per heavy atom. The third-order valence-corrected chi connectivity index (χ3v) is 3.28. The molecule has 0 fully saturated rings. The van der Waals surface area contributed by atoms with Crippen molar-refractivity contribution < 1.29 is 9.59 Å². The predicted octanol–water partition coefficient (Wildman–Crippen LogP) is 3.45. The second-order valence-electron chi connectivity index (χ2n) is 4.54. The van der Waals surface area contributed by atoms with Crippen molar-refractivity contribution >= 4 is 17.1 Å². The number of carbonyl (C=O) groups excluding carboxylic acids is 2. The van der Waals surface area contributed by atoms with Crippen LogP contribution in [-0.4, -0.2) is 11.6 Å². The van der Waals surface area contributed by atoms with Gasteiger partial charge >= 0.3 is 0 Å². The maximum absolute atomic E-state index is 12.0. The average molecular weight is 260 g/mol. The van der Waals surface area contributed by atoms with E-state index in [-0.39, 0.29) is 0 Å². The minimum absolute atomic E-state index is 0.448. The molecule has 96 valence electrons. The molecule has 0 unspecified atom stereocenters. The SMILES string of the molecule is O=C1C=CC=C(c2ccccc2-c2ccccc2)C1=O. The van der Waals surface area contributed by atoms with E-state index < -0.39 is 11.6 Å². The van der Waals surface area contributed by atoms with Crippen LogP contribution in [0.5, 0.6) is 0 Å². The van der Waals surface area contributed by atoms with E-state index in [0.29, 0.717) is 5.57 Å². The van der Waals surface area contributed by atoms with Gasteiger partial charge in [-0.1, -0.05) is 66.7 Å². The van der Waals surface area contributed by atoms with E-state index in [2.05, 4.69) is 0 Å². The Kier molecular flexibility index (Phi) is 3.13.